The van der Waals surface area contributed by atoms with Crippen LogP contribution in [0.25, 0.3) is 0 Å². The van der Waals surface area contributed by atoms with Gasteiger partial charge in [-0.05, 0) is 34.4 Å². The van der Waals surface area contributed by atoms with Crippen molar-refractivity contribution in [1.82, 2.24) is 20.2 Å². The maximum atomic E-state index is 5.73. The van der Waals surface area contributed by atoms with Crippen molar-refractivity contribution < 1.29 is 4.74 Å². The van der Waals surface area contributed by atoms with Crippen LogP contribution in [-0.4, -0.2) is 32.9 Å². The number of nitrogens with zero attached hydrogens (tertiary/aromatic N) is 4. The standard InChI is InChI=1S/C19H20N4OS/c1-3-8-15(9-4-1)18(16-10-5-2-6-11-16)25-19-20-21-22-23(19)14-17-12-7-13-24-17/h1-6,8-11,17-18H,7,12-14H2. The van der Waals surface area contributed by atoms with Crippen LogP contribution in [-0.2, 0) is 11.3 Å². The molecule has 4 rings (SSSR count). The Morgan fingerprint density at radius 1 is 1.04 bits per heavy atom. The third-order valence-electron chi connectivity index (χ3n) is 4.33. The highest BCUT2D eigenvalue weighted by molar-refractivity contribution is 7.99. The molecule has 1 saturated heterocycles. The van der Waals surface area contributed by atoms with E-state index in [1.165, 1.54) is 11.1 Å². The Balaban J connectivity index is 1.60. The summed E-state index contributed by atoms with van der Waals surface area (Å²) in [6.07, 6.45) is 2.41. The fourth-order valence-electron chi connectivity index (χ4n) is 3.07. The zero-order valence-corrected chi connectivity index (χ0v) is 14.7. The molecule has 0 amide bonds. The van der Waals surface area contributed by atoms with Gasteiger partial charge in [0.1, 0.15) is 0 Å². The summed E-state index contributed by atoms with van der Waals surface area (Å²) < 4.78 is 7.60. The van der Waals surface area contributed by atoms with Crippen molar-refractivity contribution in [3.8, 4) is 0 Å². The average molecular weight is 352 g/mol. The molecule has 128 valence electrons. The first kappa shape index (κ1) is 16.3. The second-order valence-electron chi connectivity index (χ2n) is 6.10. The molecule has 1 unspecified atom stereocenters. The van der Waals surface area contributed by atoms with E-state index in [0.29, 0.717) is 6.54 Å². The van der Waals surface area contributed by atoms with Crippen LogP contribution < -0.4 is 0 Å². The summed E-state index contributed by atoms with van der Waals surface area (Å²) in [6.45, 7) is 1.55. The quantitative estimate of drug-likeness (QED) is 0.633. The van der Waals surface area contributed by atoms with Crippen LogP contribution in [0.5, 0.6) is 0 Å². The molecule has 0 spiro atoms. The number of thioether (sulfide) groups is 1. The first-order chi connectivity index (χ1) is 12.4. The summed E-state index contributed by atoms with van der Waals surface area (Å²) in [4.78, 5) is 0. The fourth-order valence-corrected chi connectivity index (χ4v) is 4.18. The summed E-state index contributed by atoms with van der Waals surface area (Å²) in [5, 5.41) is 13.3. The van der Waals surface area contributed by atoms with Crippen molar-refractivity contribution in [1.29, 1.82) is 0 Å². The minimum Gasteiger partial charge on any atom is -0.376 e. The van der Waals surface area contributed by atoms with Gasteiger partial charge in [0.2, 0.25) is 5.16 Å². The maximum Gasteiger partial charge on any atom is 0.210 e. The van der Waals surface area contributed by atoms with Crippen LogP contribution >= 0.6 is 11.8 Å². The van der Waals surface area contributed by atoms with Gasteiger partial charge >= 0.3 is 0 Å². The van der Waals surface area contributed by atoms with Gasteiger partial charge in [0, 0.05) is 6.61 Å². The van der Waals surface area contributed by atoms with Gasteiger partial charge in [-0.25, -0.2) is 4.68 Å². The largest absolute Gasteiger partial charge is 0.376 e. The molecule has 25 heavy (non-hydrogen) atoms. The van der Waals surface area contributed by atoms with Gasteiger partial charge in [-0.15, -0.1) is 5.10 Å². The zero-order valence-electron chi connectivity index (χ0n) is 13.9. The molecule has 1 aromatic heterocycles. The normalized spacial score (nSPS) is 17.2. The lowest BCUT2D eigenvalue weighted by molar-refractivity contribution is 0.0911. The highest BCUT2D eigenvalue weighted by Gasteiger charge is 2.22. The Hall–Kier alpha value is -2.18. The first-order valence-electron chi connectivity index (χ1n) is 8.54. The summed E-state index contributed by atoms with van der Waals surface area (Å²) in [5.41, 5.74) is 2.48. The Morgan fingerprint density at radius 2 is 1.72 bits per heavy atom. The van der Waals surface area contributed by atoms with E-state index in [4.69, 9.17) is 4.74 Å². The lowest BCUT2D eigenvalue weighted by Crippen LogP contribution is -2.17. The van der Waals surface area contributed by atoms with Crippen LogP contribution in [0.15, 0.2) is 65.8 Å². The van der Waals surface area contributed by atoms with E-state index < -0.39 is 0 Å². The molecule has 0 N–H and O–H groups in total. The van der Waals surface area contributed by atoms with Gasteiger partial charge in [-0.3, -0.25) is 0 Å². The summed E-state index contributed by atoms with van der Waals surface area (Å²) in [7, 11) is 0. The summed E-state index contributed by atoms with van der Waals surface area (Å²) in [6, 6.07) is 21.0. The van der Waals surface area contributed by atoms with Crippen molar-refractivity contribution >= 4 is 11.8 Å². The molecular formula is C19H20N4OS. The molecule has 1 atom stereocenters. The van der Waals surface area contributed by atoms with Gasteiger partial charge in [0.15, 0.2) is 0 Å². The molecule has 2 heterocycles. The van der Waals surface area contributed by atoms with Crippen molar-refractivity contribution in [3.63, 3.8) is 0 Å². The SMILES string of the molecule is c1ccc(C(Sc2nnnn2CC2CCCO2)c2ccccc2)cc1. The number of tetrazole rings is 1. The van der Waals surface area contributed by atoms with E-state index in [0.717, 1.165) is 24.6 Å². The second-order valence-corrected chi connectivity index (χ2v) is 7.17. The maximum absolute atomic E-state index is 5.73. The number of ether oxygens (including phenoxy) is 1. The van der Waals surface area contributed by atoms with Crippen LogP contribution in [0.1, 0.15) is 29.2 Å². The summed E-state index contributed by atoms with van der Waals surface area (Å²) in [5.74, 6) is 0. The molecule has 1 aliphatic rings. The van der Waals surface area contributed by atoms with E-state index in [9.17, 15) is 0 Å². The molecule has 2 aromatic carbocycles. The second kappa shape index (κ2) is 7.80. The number of hydrogen-bond acceptors (Lipinski definition) is 5. The van der Waals surface area contributed by atoms with Crippen molar-refractivity contribution in [2.45, 2.75) is 35.9 Å². The lowest BCUT2D eigenvalue weighted by Gasteiger charge is -2.17. The van der Waals surface area contributed by atoms with E-state index in [2.05, 4.69) is 64.1 Å². The monoisotopic (exact) mass is 352 g/mol. The third kappa shape index (κ3) is 3.91. The lowest BCUT2D eigenvalue weighted by atomic mass is 10.0. The van der Waals surface area contributed by atoms with Crippen LogP contribution in [0.3, 0.4) is 0 Å². The van der Waals surface area contributed by atoms with Crippen molar-refractivity contribution in [2.75, 3.05) is 6.61 Å². The van der Waals surface area contributed by atoms with E-state index in [-0.39, 0.29) is 11.4 Å². The summed E-state index contributed by atoms with van der Waals surface area (Å²) >= 11 is 1.68. The van der Waals surface area contributed by atoms with Crippen LogP contribution in [0, 0.1) is 0 Å². The molecule has 5 nitrogen and oxygen atoms in total. The van der Waals surface area contributed by atoms with Gasteiger partial charge in [-0.2, -0.15) is 0 Å². The van der Waals surface area contributed by atoms with Crippen LogP contribution in [0.4, 0.5) is 0 Å². The zero-order chi connectivity index (χ0) is 16.9. The van der Waals surface area contributed by atoms with Gasteiger partial charge in [0.25, 0.3) is 0 Å². The third-order valence-corrected chi connectivity index (χ3v) is 5.61. The molecule has 0 radical (unpaired) electrons. The first-order valence-corrected chi connectivity index (χ1v) is 9.42. The predicted molar refractivity (Wildman–Crippen MR) is 97.4 cm³/mol. The average Bonchev–Trinajstić information content (AvgIpc) is 3.34. The van der Waals surface area contributed by atoms with E-state index in [1.54, 1.807) is 11.8 Å². The van der Waals surface area contributed by atoms with Gasteiger partial charge in [0.05, 0.1) is 17.9 Å². The predicted octanol–water partition coefficient (Wildman–Crippen LogP) is 3.73. The Morgan fingerprint density at radius 3 is 2.32 bits per heavy atom. The Labute approximate surface area is 151 Å². The molecule has 0 aliphatic carbocycles. The fraction of sp³-hybridized carbons (Fsp3) is 0.316. The van der Waals surface area contributed by atoms with Gasteiger partial charge < -0.3 is 4.74 Å². The highest BCUT2D eigenvalue weighted by Crippen LogP contribution is 2.39. The number of benzene rings is 2. The molecule has 1 fully saturated rings. The van der Waals surface area contributed by atoms with Crippen LogP contribution in [0.2, 0.25) is 0 Å². The number of rotatable bonds is 6. The Bertz CT molecular complexity index is 748. The number of aromatic nitrogens is 4. The minimum absolute atomic E-state index is 0.150. The minimum atomic E-state index is 0.150. The van der Waals surface area contributed by atoms with Crippen molar-refractivity contribution in [3.05, 3.63) is 71.8 Å². The molecule has 6 heteroatoms. The number of hydrogen-bond donors (Lipinski definition) is 0. The Kier molecular flexibility index (Phi) is 5.09. The smallest absolute Gasteiger partial charge is 0.210 e. The molecule has 1 aliphatic heterocycles. The topological polar surface area (TPSA) is 52.8 Å². The molecule has 0 bridgehead atoms. The highest BCUT2D eigenvalue weighted by atomic mass is 32.2. The van der Waals surface area contributed by atoms with Gasteiger partial charge in [-0.1, -0.05) is 72.4 Å². The molecule has 3 aromatic rings. The molecule has 0 saturated carbocycles. The van der Waals surface area contributed by atoms with Crippen molar-refractivity contribution in [2.24, 2.45) is 0 Å². The van der Waals surface area contributed by atoms with E-state index in [1.807, 2.05) is 16.8 Å². The molecular weight excluding hydrogens is 332 g/mol. The van der Waals surface area contributed by atoms with E-state index >= 15 is 0 Å².